The molecule has 32 heavy (non-hydrogen) atoms. The van der Waals surface area contributed by atoms with Crippen molar-refractivity contribution in [3.8, 4) is 5.75 Å². The molecule has 1 N–H and O–H groups in total. The first-order valence-electron chi connectivity index (χ1n) is 10.5. The lowest BCUT2D eigenvalue weighted by Gasteiger charge is -2.34. The zero-order chi connectivity index (χ0) is 22.7. The topological polar surface area (TPSA) is 79.0 Å². The number of ether oxygens (including phenoxy) is 1. The van der Waals surface area contributed by atoms with Gasteiger partial charge in [0.05, 0.1) is 5.56 Å². The Labute approximate surface area is 190 Å². The number of carbonyl (C=O) groups is 3. The van der Waals surface area contributed by atoms with Crippen molar-refractivity contribution in [2.75, 3.05) is 38.1 Å². The molecule has 9 heteroatoms. The minimum atomic E-state index is -0.623. The van der Waals surface area contributed by atoms with E-state index in [1.807, 2.05) is 0 Å². The highest BCUT2D eigenvalue weighted by Crippen LogP contribution is 2.30. The molecule has 1 saturated carbocycles. The molecule has 1 heterocycles. The molecule has 1 saturated heterocycles. The van der Waals surface area contributed by atoms with Crippen LogP contribution in [0.4, 0.5) is 10.1 Å². The first-order valence-corrected chi connectivity index (χ1v) is 10.8. The molecule has 0 bridgehead atoms. The SMILES string of the molecule is O=C(Nc1cccc(OCC(=O)N2CCN(C(=O)c3cc(Cl)ccc3F)CC2)c1)C1CC1. The highest BCUT2D eigenvalue weighted by Gasteiger charge is 2.30. The molecule has 2 fully saturated rings. The molecule has 3 amide bonds. The summed E-state index contributed by atoms with van der Waals surface area (Å²) >= 11 is 5.88. The zero-order valence-corrected chi connectivity index (χ0v) is 18.1. The molecule has 2 aromatic rings. The van der Waals surface area contributed by atoms with Crippen LogP contribution < -0.4 is 10.1 Å². The van der Waals surface area contributed by atoms with Crippen LogP contribution in [0.1, 0.15) is 23.2 Å². The average Bonchev–Trinajstić information content (AvgIpc) is 3.65. The Morgan fingerprint density at radius 1 is 1.03 bits per heavy atom. The lowest BCUT2D eigenvalue weighted by molar-refractivity contribution is -0.134. The van der Waals surface area contributed by atoms with Gasteiger partial charge in [-0.1, -0.05) is 17.7 Å². The maximum atomic E-state index is 14.0. The van der Waals surface area contributed by atoms with Gasteiger partial charge in [0.1, 0.15) is 11.6 Å². The number of nitrogens with zero attached hydrogens (tertiary/aromatic N) is 2. The normalized spacial score (nSPS) is 15.9. The van der Waals surface area contributed by atoms with Gasteiger partial charge in [-0.2, -0.15) is 0 Å². The van der Waals surface area contributed by atoms with Crippen molar-refractivity contribution in [2.45, 2.75) is 12.8 Å². The minimum absolute atomic E-state index is 0.00306. The fourth-order valence-corrected chi connectivity index (χ4v) is 3.65. The number of carbonyl (C=O) groups excluding carboxylic acids is 3. The first kappa shape index (κ1) is 22.1. The van der Waals surface area contributed by atoms with E-state index >= 15 is 0 Å². The number of anilines is 1. The number of benzene rings is 2. The fourth-order valence-electron chi connectivity index (χ4n) is 3.48. The molecule has 2 aliphatic rings. The third-order valence-corrected chi connectivity index (χ3v) is 5.73. The summed E-state index contributed by atoms with van der Waals surface area (Å²) in [5.74, 6) is -0.693. The lowest BCUT2D eigenvalue weighted by Crippen LogP contribution is -2.51. The van der Waals surface area contributed by atoms with Crippen molar-refractivity contribution >= 4 is 35.0 Å². The summed E-state index contributed by atoms with van der Waals surface area (Å²) in [5.41, 5.74) is 0.557. The summed E-state index contributed by atoms with van der Waals surface area (Å²) in [7, 11) is 0. The molecule has 0 unspecified atom stereocenters. The van der Waals surface area contributed by atoms with Crippen LogP contribution in [-0.2, 0) is 9.59 Å². The summed E-state index contributed by atoms with van der Waals surface area (Å²) in [4.78, 5) is 40.1. The van der Waals surface area contributed by atoms with Crippen molar-refractivity contribution in [1.29, 1.82) is 0 Å². The molecule has 168 valence electrons. The largest absolute Gasteiger partial charge is 0.484 e. The number of nitrogens with one attached hydrogen (secondary N) is 1. The van der Waals surface area contributed by atoms with Gasteiger partial charge in [0.25, 0.3) is 11.8 Å². The molecule has 7 nitrogen and oxygen atoms in total. The summed E-state index contributed by atoms with van der Waals surface area (Å²) < 4.78 is 19.6. The van der Waals surface area contributed by atoms with Gasteiger partial charge in [0.15, 0.2) is 6.61 Å². The number of piperazine rings is 1. The Balaban J connectivity index is 1.26. The summed E-state index contributed by atoms with van der Waals surface area (Å²) in [5, 5.41) is 3.13. The van der Waals surface area contributed by atoms with Crippen LogP contribution in [0.2, 0.25) is 5.02 Å². The standard InChI is InChI=1S/C23H23ClFN3O4/c24-16-6-7-20(25)19(12-16)23(31)28-10-8-27(9-11-28)21(29)14-32-18-3-1-2-17(13-18)26-22(30)15-4-5-15/h1-3,6-7,12-13,15H,4-5,8-11,14H2,(H,26,30). The third kappa shape index (κ3) is 5.37. The van der Waals surface area contributed by atoms with Gasteiger partial charge in [-0.05, 0) is 43.2 Å². The first-order chi connectivity index (χ1) is 15.4. The van der Waals surface area contributed by atoms with Crippen molar-refractivity contribution < 1.29 is 23.5 Å². The summed E-state index contributed by atoms with van der Waals surface area (Å²) in [6, 6.07) is 10.8. The number of hydrogen-bond donors (Lipinski definition) is 1. The van der Waals surface area contributed by atoms with E-state index in [0.717, 1.165) is 12.8 Å². The predicted molar refractivity (Wildman–Crippen MR) is 117 cm³/mol. The molecular weight excluding hydrogens is 437 g/mol. The Hall–Kier alpha value is -3.13. The molecule has 1 aliphatic carbocycles. The summed E-state index contributed by atoms with van der Waals surface area (Å²) in [6.45, 7) is 1.08. The van der Waals surface area contributed by atoms with Crippen LogP contribution >= 0.6 is 11.6 Å². The van der Waals surface area contributed by atoms with Gasteiger partial charge < -0.3 is 19.9 Å². The van der Waals surface area contributed by atoms with Crippen molar-refractivity contribution in [3.63, 3.8) is 0 Å². The maximum absolute atomic E-state index is 14.0. The molecule has 0 atom stereocenters. The second-order valence-corrected chi connectivity index (χ2v) is 8.31. The Kier molecular flexibility index (Phi) is 6.60. The maximum Gasteiger partial charge on any atom is 0.260 e. The van der Waals surface area contributed by atoms with Crippen LogP contribution in [0.5, 0.6) is 5.75 Å². The van der Waals surface area contributed by atoms with E-state index in [1.165, 1.54) is 23.1 Å². The lowest BCUT2D eigenvalue weighted by atomic mass is 10.1. The van der Waals surface area contributed by atoms with E-state index < -0.39 is 11.7 Å². The minimum Gasteiger partial charge on any atom is -0.484 e. The van der Waals surface area contributed by atoms with E-state index in [1.54, 1.807) is 29.2 Å². The quantitative estimate of drug-likeness (QED) is 0.719. The van der Waals surface area contributed by atoms with Gasteiger partial charge in [-0.3, -0.25) is 14.4 Å². The Morgan fingerprint density at radius 2 is 1.75 bits per heavy atom. The smallest absolute Gasteiger partial charge is 0.260 e. The Morgan fingerprint density at radius 3 is 2.47 bits per heavy atom. The van der Waals surface area contributed by atoms with E-state index in [-0.39, 0.29) is 34.9 Å². The van der Waals surface area contributed by atoms with Gasteiger partial charge in [0.2, 0.25) is 5.91 Å². The molecule has 1 aliphatic heterocycles. The second-order valence-electron chi connectivity index (χ2n) is 7.88. The van der Waals surface area contributed by atoms with Gasteiger partial charge >= 0.3 is 0 Å². The Bertz CT molecular complexity index is 1040. The van der Waals surface area contributed by atoms with Crippen LogP contribution in [0.25, 0.3) is 0 Å². The van der Waals surface area contributed by atoms with Gasteiger partial charge in [0, 0.05) is 48.9 Å². The highest BCUT2D eigenvalue weighted by molar-refractivity contribution is 6.31. The van der Waals surface area contributed by atoms with E-state index in [2.05, 4.69) is 5.32 Å². The van der Waals surface area contributed by atoms with Crippen LogP contribution in [0.15, 0.2) is 42.5 Å². The van der Waals surface area contributed by atoms with Crippen LogP contribution in [0.3, 0.4) is 0 Å². The number of amides is 3. The number of rotatable bonds is 6. The number of halogens is 2. The average molecular weight is 460 g/mol. The molecule has 0 radical (unpaired) electrons. The van der Waals surface area contributed by atoms with Crippen molar-refractivity contribution in [2.24, 2.45) is 5.92 Å². The zero-order valence-electron chi connectivity index (χ0n) is 17.4. The highest BCUT2D eigenvalue weighted by atomic mass is 35.5. The second kappa shape index (κ2) is 9.56. The fraction of sp³-hybridized carbons (Fsp3) is 0.348. The molecule has 2 aromatic carbocycles. The van der Waals surface area contributed by atoms with E-state index in [4.69, 9.17) is 16.3 Å². The number of hydrogen-bond acceptors (Lipinski definition) is 4. The molecule has 4 rings (SSSR count). The van der Waals surface area contributed by atoms with Crippen LogP contribution in [0, 0.1) is 11.7 Å². The van der Waals surface area contributed by atoms with E-state index in [0.29, 0.717) is 37.6 Å². The monoisotopic (exact) mass is 459 g/mol. The van der Waals surface area contributed by atoms with Crippen molar-refractivity contribution in [3.05, 3.63) is 58.9 Å². The predicted octanol–water partition coefficient (Wildman–Crippen LogP) is 3.19. The summed E-state index contributed by atoms with van der Waals surface area (Å²) in [6.07, 6.45) is 1.84. The van der Waals surface area contributed by atoms with Crippen molar-refractivity contribution in [1.82, 2.24) is 9.80 Å². The van der Waals surface area contributed by atoms with Crippen LogP contribution in [-0.4, -0.2) is 60.3 Å². The third-order valence-electron chi connectivity index (χ3n) is 5.49. The van der Waals surface area contributed by atoms with E-state index in [9.17, 15) is 18.8 Å². The molecule has 0 aromatic heterocycles. The molecule has 0 spiro atoms. The van der Waals surface area contributed by atoms with Gasteiger partial charge in [-0.25, -0.2) is 4.39 Å². The van der Waals surface area contributed by atoms with Gasteiger partial charge in [-0.15, -0.1) is 0 Å². The molecular formula is C23H23ClFN3O4.